The molecule has 1 atom stereocenters. The number of benzene rings is 3. The molecule has 5 heteroatoms. The average Bonchev–Trinajstić information content (AvgIpc) is 2.91. The van der Waals surface area contributed by atoms with Gasteiger partial charge in [-0.15, -0.1) is 0 Å². The third-order valence-electron chi connectivity index (χ3n) is 7.34. The van der Waals surface area contributed by atoms with Crippen LogP contribution in [-0.4, -0.2) is 18.9 Å². The number of hydrogen-bond acceptors (Lipinski definition) is 5. The molecule has 0 aromatic heterocycles. The number of ketones is 1. The molecule has 0 saturated heterocycles. The van der Waals surface area contributed by atoms with Gasteiger partial charge < -0.3 is 14.8 Å². The lowest BCUT2D eigenvalue weighted by Gasteiger charge is -2.39. The first-order valence-corrected chi connectivity index (χ1v) is 13.0. The number of methoxy groups -OCH3 is 1. The summed E-state index contributed by atoms with van der Waals surface area (Å²) in [7, 11) is 1.61. The van der Waals surface area contributed by atoms with Crippen molar-refractivity contribution >= 4 is 11.8 Å². The summed E-state index contributed by atoms with van der Waals surface area (Å²) < 4.78 is 11.0. The first-order chi connectivity index (χ1) is 18.3. The van der Waals surface area contributed by atoms with Crippen LogP contribution in [0.2, 0.25) is 0 Å². The van der Waals surface area contributed by atoms with Gasteiger partial charge in [0.1, 0.15) is 12.4 Å². The van der Waals surface area contributed by atoms with E-state index in [0.717, 1.165) is 45.8 Å². The lowest BCUT2D eigenvalue weighted by atomic mass is 9.68. The quantitative estimate of drug-likeness (QED) is 0.376. The molecule has 0 bridgehead atoms. The van der Waals surface area contributed by atoms with Gasteiger partial charge in [0.2, 0.25) is 0 Å². The van der Waals surface area contributed by atoms with Gasteiger partial charge in [0, 0.05) is 29.3 Å². The molecule has 0 radical (unpaired) electrons. The number of carbonyl (C=O) groups excluding carboxylic acids is 2. The fourth-order valence-corrected chi connectivity index (χ4v) is 5.49. The number of dihydropyridines is 1. The van der Waals surface area contributed by atoms with E-state index >= 15 is 0 Å². The van der Waals surface area contributed by atoms with E-state index in [1.807, 2.05) is 61.5 Å². The summed E-state index contributed by atoms with van der Waals surface area (Å²) in [6.45, 7) is 6.24. The van der Waals surface area contributed by atoms with E-state index in [1.165, 1.54) is 0 Å². The largest absolute Gasteiger partial charge is 0.497 e. The molecule has 0 spiro atoms. The van der Waals surface area contributed by atoms with E-state index in [1.54, 1.807) is 7.11 Å². The summed E-state index contributed by atoms with van der Waals surface area (Å²) in [4.78, 5) is 27.2. The molecule has 194 valence electrons. The van der Waals surface area contributed by atoms with Crippen molar-refractivity contribution in [2.24, 2.45) is 5.41 Å². The standard InChI is InChI=1S/C33H33NO4/c1-21-29(32(36)38-20-22-10-16-26(37-4)17-11-22)30(31-27(34-21)18-33(2,3)19-28(31)35)25-14-12-24(13-15-25)23-8-6-5-7-9-23/h5-17,30,34H,18-20H2,1-4H3/t30-/m1/s1. The molecule has 38 heavy (non-hydrogen) atoms. The molecule has 1 aliphatic heterocycles. The van der Waals surface area contributed by atoms with Gasteiger partial charge in [-0.3, -0.25) is 4.79 Å². The lowest BCUT2D eigenvalue weighted by molar-refractivity contribution is -0.140. The highest BCUT2D eigenvalue weighted by Gasteiger charge is 2.43. The molecule has 0 amide bonds. The predicted molar refractivity (Wildman–Crippen MR) is 148 cm³/mol. The Balaban J connectivity index is 1.50. The number of carbonyl (C=O) groups is 2. The molecule has 5 rings (SSSR count). The summed E-state index contributed by atoms with van der Waals surface area (Å²) >= 11 is 0. The zero-order valence-corrected chi connectivity index (χ0v) is 22.3. The van der Waals surface area contributed by atoms with Gasteiger partial charge in [-0.25, -0.2) is 4.79 Å². The summed E-state index contributed by atoms with van der Waals surface area (Å²) in [5.41, 5.74) is 6.62. The van der Waals surface area contributed by atoms with Crippen LogP contribution >= 0.6 is 0 Å². The van der Waals surface area contributed by atoms with E-state index in [2.05, 4.69) is 43.4 Å². The SMILES string of the molecule is COc1ccc(COC(=O)C2=C(C)NC3=C(C(=O)CC(C)(C)C3)[C@@H]2c2ccc(-c3ccccc3)cc2)cc1. The van der Waals surface area contributed by atoms with E-state index < -0.39 is 11.9 Å². The van der Waals surface area contributed by atoms with Crippen molar-refractivity contribution < 1.29 is 19.1 Å². The second kappa shape index (κ2) is 10.3. The van der Waals surface area contributed by atoms with Crippen LogP contribution in [0.3, 0.4) is 0 Å². The van der Waals surface area contributed by atoms with Crippen LogP contribution in [0.25, 0.3) is 11.1 Å². The molecule has 5 nitrogen and oxygen atoms in total. The lowest BCUT2D eigenvalue weighted by Crippen LogP contribution is -2.38. The van der Waals surface area contributed by atoms with Crippen LogP contribution in [0.1, 0.15) is 50.7 Å². The van der Waals surface area contributed by atoms with Crippen LogP contribution < -0.4 is 10.1 Å². The third kappa shape index (κ3) is 5.14. The summed E-state index contributed by atoms with van der Waals surface area (Å²) in [6, 6.07) is 25.8. The number of nitrogens with one attached hydrogen (secondary N) is 1. The van der Waals surface area contributed by atoms with Gasteiger partial charge in [0.15, 0.2) is 5.78 Å². The molecule has 2 aliphatic rings. The highest BCUT2D eigenvalue weighted by molar-refractivity contribution is 6.04. The smallest absolute Gasteiger partial charge is 0.337 e. The molecule has 1 heterocycles. The van der Waals surface area contributed by atoms with Gasteiger partial charge in [-0.2, -0.15) is 0 Å². The first kappa shape index (κ1) is 25.5. The fraction of sp³-hybridized carbons (Fsp3) is 0.273. The maximum absolute atomic E-state index is 13.6. The molecule has 0 fully saturated rings. The second-order valence-corrected chi connectivity index (χ2v) is 10.8. The Kier molecular flexibility index (Phi) is 6.94. The Hall–Kier alpha value is -4.12. The minimum atomic E-state index is -0.483. The van der Waals surface area contributed by atoms with Crippen LogP contribution in [-0.2, 0) is 20.9 Å². The Bertz CT molecular complexity index is 1410. The number of allylic oxidation sites excluding steroid dienone is 3. The molecule has 0 saturated carbocycles. The highest BCUT2D eigenvalue weighted by atomic mass is 16.5. The number of Topliss-reactive ketones (excluding diaryl/α,β-unsaturated/α-hetero) is 1. The molecule has 3 aromatic rings. The molecular formula is C33H33NO4. The van der Waals surface area contributed by atoms with Crippen molar-refractivity contribution in [2.45, 2.75) is 46.1 Å². The number of ether oxygens (including phenoxy) is 2. The number of rotatable bonds is 6. The highest BCUT2D eigenvalue weighted by Crippen LogP contribution is 2.47. The van der Waals surface area contributed by atoms with E-state index in [0.29, 0.717) is 17.6 Å². The van der Waals surface area contributed by atoms with Crippen molar-refractivity contribution in [1.82, 2.24) is 5.32 Å². The average molecular weight is 508 g/mol. The van der Waals surface area contributed by atoms with Crippen LogP contribution in [0, 0.1) is 5.41 Å². The van der Waals surface area contributed by atoms with Crippen LogP contribution in [0.4, 0.5) is 0 Å². The fourth-order valence-electron chi connectivity index (χ4n) is 5.49. The zero-order valence-electron chi connectivity index (χ0n) is 22.3. The monoisotopic (exact) mass is 507 g/mol. The van der Waals surface area contributed by atoms with E-state index in [9.17, 15) is 9.59 Å². The minimum Gasteiger partial charge on any atom is -0.497 e. The minimum absolute atomic E-state index is 0.0776. The van der Waals surface area contributed by atoms with E-state index in [4.69, 9.17) is 9.47 Å². The van der Waals surface area contributed by atoms with Gasteiger partial charge in [0.25, 0.3) is 0 Å². The van der Waals surface area contributed by atoms with Gasteiger partial charge in [-0.05, 0) is 53.1 Å². The zero-order chi connectivity index (χ0) is 26.9. The molecule has 1 aliphatic carbocycles. The van der Waals surface area contributed by atoms with Gasteiger partial charge in [0.05, 0.1) is 12.7 Å². The first-order valence-electron chi connectivity index (χ1n) is 13.0. The van der Waals surface area contributed by atoms with E-state index in [-0.39, 0.29) is 17.8 Å². The maximum Gasteiger partial charge on any atom is 0.337 e. The molecule has 3 aromatic carbocycles. The molecular weight excluding hydrogens is 474 g/mol. The van der Waals surface area contributed by atoms with Crippen molar-refractivity contribution in [1.29, 1.82) is 0 Å². The molecule has 1 N–H and O–H groups in total. The van der Waals surface area contributed by atoms with Gasteiger partial charge >= 0.3 is 5.97 Å². The summed E-state index contributed by atoms with van der Waals surface area (Å²) in [6.07, 6.45) is 1.19. The predicted octanol–water partition coefficient (Wildman–Crippen LogP) is 6.71. The van der Waals surface area contributed by atoms with Gasteiger partial charge in [-0.1, -0.05) is 80.6 Å². The normalized spacial score (nSPS) is 18.5. The Morgan fingerprint density at radius 1 is 0.921 bits per heavy atom. The van der Waals surface area contributed by atoms with Crippen molar-refractivity contribution in [3.05, 3.63) is 113 Å². The second-order valence-electron chi connectivity index (χ2n) is 10.8. The number of hydrogen-bond donors (Lipinski definition) is 1. The van der Waals surface area contributed by atoms with Crippen molar-refractivity contribution in [2.75, 3.05) is 7.11 Å². The third-order valence-corrected chi connectivity index (χ3v) is 7.34. The molecule has 0 unspecified atom stereocenters. The maximum atomic E-state index is 13.6. The summed E-state index contributed by atoms with van der Waals surface area (Å²) in [5, 5.41) is 3.41. The van der Waals surface area contributed by atoms with Crippen molar-refractivity contribution in [3.63, 3.8) is 0 Å². The van der Waals surface area contributed by atoms with Crippen LogP contribution in [0.5, 0.6) is 5.75 Å². The Morgan fingerprint density at radius 2 is 1.58 bits per heavy atom. The topological polar surface area (TPSA) is 64.6 Å². The van der Waals surface area contributed by atoms with Crippen LogP contribution in [0.15, 0.2) is 101 Å². The Labute approximate surface area is 224 Å². The Morgan fingerprint density at radius 3 is 2.24 bits per heavy atom. The number of esters is 1. The summed E-state index contributed by atoms with van der Waals surface area (Å²) in [5.74, 6) is -0.0867. The van der Waals surface area contributed by atoms with Crippen molar-refractivity contribution in [3.8, 4) is 16.9 Å².